The molecule has 2 aliphatic heterocycles. The molecule has 2 heterocycles. The summed E-state index contributed by atoms with van der Waals surface area (Å²) in [5.74, 6) is -0.510. The van der Waals surface area contributed by atoms with Gasteiger partial charge in [-0.2, -0.15) is 4.31 Å². The Morgan fingerprint density at radius 2 is 1.97 bits per heavy atom. The van der Waals surface area contributed by atoms with Gasteiger partial charge in [-0.3, -0.25) is 9.59 Å². The van der Waals surface area contributed by atoms with Crippen LogP contribution in [0.15, 0.2) is 41.3 Å². The summed E-state index contributed by atoms with van der Waals surface area (Å²) in [6.45, 7) is 5.90. The molecule has 33 heavy (non-hydrogen) atoms. The molecule has 2 aromatic carbocycles. The lowest BCUT2D eigenvalue weighted by atomic mass is 9.98. The quantitative estimate of drug-likeness (QED) is 0.695. The highest BCUT2D eigenvalue weighted by Crippen LogP contribution is 2.36. The van der Waals surface area contributed by atoms with Crippen molar-refractivity contribution in [3.05, 3.63) is 47.5 Å². The number of anilines is 2. The van der Waals surface area contributed by atoms with Crippen LogP contribution in [0.25, 0.3) is 0 Å². The van der Waals surface area contributed by atoms with Crippen molar-refractivity contribution in [1.29, 1.82) is 0 Å². The number of carbonyl (C=O) groups excluding carboxylic acids is 2. The van der Waals surface area contributed by atoms with E-state index < -0.39 is 22.0 Å². The number of benzene rings is 2. The second-order valence-electron chi connectivity index (χ2n) is 8.62. The monoisotopic (exact) mass is 471 g/mol. The van der Waals surface area contributed by atoms with Gasteiger partial charge in [-0.1, -0.05) is 25.1 Å². The molecule has 1 saturated heterocycles. The van der Waals surface area contributed by atoms with Crippen molar-refractivity contribution in [3.63, 3.8) is 0 Å². The van der Waals surface area contributed by atoms with E-state index in [9.17, 15) is 18.0 Å². The lowest BCUT2D eigenvalue weighted by Crippen LogP contribution is -2.44. The first kappa shape index (κ1) is 23.3. The number of piperidine rings is 1. The van der Waals surface area contributed by atoms with Crippen molar-refractivity contribution in [2.24, 2.45) is 5.92 Å². The van der Waals surface area contributed by atoms with E-state index in [0.717, 1.165) is 11.3 Å². The van der Waals surface area contributed by atoms with Gasteiger partial charge in [-0.25, -0.2) is 8.42 Å². The number of carbonyl (C=O) groups is 2. The van der Waals surface area contributed by atoms with E-state index in [1.807, 2.05) is 38.1 Å². The Bertz CT molecular complexity index is 1190. The number of hydrogen-bond acceptors (Lipinski definition) is 5. The van der Waals surface area contributed by atoms with Crippen LogP contribution in [-0.2, 0) is 19.6 Å². The minimum atomic E-state index is -3.85. The second kappa shape index (κ2) is 9.15. The highest BCUT2D eigenvalue weighted by atomic mass is 32.2. The molecule has 2 aliphatic rings. The van der Waals surface area contributed by atoms with Crippen LogP contribution in [0.1, 0.15) is 37.3 Å². The van der Waals surface area contributed by atoms with Crippen LogP contribution in [0.4, 0.5) is 11.4 Å². The molecule has 9 heteroatoms. The van der Waals surface area contributed by atoms with Gasteiger partial charge in [0.25, 0.3) is 5.91 Å². The summed E-state index contributed by atoms with van der Waals surface area (Å²) >= 11 is 0. The number of sulfonamides is 1. The average Bonchev–Trinajstić information content (AvgIpc) is 2.79. The molecule has 0 unspecified atom stereocenters. The number of nitrogens with zero attached hydrogens (tertiary/aromatic N) is 1. The number of para-hydroxylation sites is 1. The van der Waals surface area contributed by atoms with Crippen molar-refractivity contribution in [2.75, 3.05) is 23.7 Å². The topological polar surface area (TPSA) is 105 Å². The van der Waals surface area contributed by atoms with Gasteiger partial charge in [0.2, 0.25) is 15.9 Å². The van der Waals surface area contributed by atoms with E-state index >= 15 is 0 Å². The largest absolute Gasteiger partial charge is 0.478 e. The number of rotatable bonds is 5. The van der Waals surface area contributed by atoms with Gasteiger partial charge >= 0.3 is 0 Å². The summed E-state index contributed by atoms with van der Waals surface area (Å²) in [6, 6.07) is 10.6. The van der Waals surface area contributed by atoms with Gasteiger partial charge in [0.15, 0.2) is 6.10 Å². The van der Waals surface area contributed by atoms with E-state index in [1.54, 1.807) is 13.0 Å². The molecule has 1 fully saturated rings. The Hall–Kier alpha value is -2.91. The number of nitrogens with one attached hydrogen (secondary N) is 2. The maximum absolute atomic E-state index is 13.5. The van der Waals surface area contributed by atoms with Gasteiger partial charge in [-0.15, -0.1) is 0 Å². The van der Waals surface area contributed by atoms with Crippen molar-refractivity contribution in [2.45, 2.75) is 51.0 Å². The molecule has 2 atom stereocenters. The van der Waals surface area contributed by atoms with Crippen LogP contribution in [-0.4, -0.2) is 43.7 Å². The van der Waals surface area contributed by atoms with Gasteiger partial charge in [0.05, 0.1) is 16.5 Å². The lowest BCUT2D eigenvalue weighted by molar-refractivity contribution is -0.123. The SMILES string of the molecule is CC[C@@H]1Oc2cc(S(=O)(=O)N3CCC[C@@H](C(=O)Nc4ccccc4C)C3)c(C)cc2NC1=O. The highest BCUT2D eigenvalue weighted by Gasteiger charge is 2.36. The maximum atomic E-state index is 13.5. The summed E-state index contributed by atoms with van der Waals surface area (Å²) in [7, 11) is -3.85. The summed E-state index contributed by atoms with van der Waals surface area (Å²) in [6.07, 6.45) is 1.05. The lowest BCUT2D eigenvalue weighted by Gasteiger charge is -2.32. The first-order valence-corrected chi connectivity index (χ1v) is 12.6. The zero-order valence-corrected chi connectivity index (χ0v) is 19.9. The molecule has 0 aliphatic carbocycles. The van der Waals surface area contributed by atoms with Crippen LogP contribution < -0.4 is 15.4 Å². The standard InChI is InChI=1S/C24H29N3O5S/c1-4-20-24(29)26-19-12-16(3)22(13-21(19)32-20)33(30,31)27-11-7-9-17(14-27)23(28)25-18-10-6-5-8-15(18)2/h5-6,8,10,12-13,17,20H,4,7,9,11,14H2,1-3H3,(H,25,28)(H,26,29)/t17-,20+/m1/s1. The molecular weight excluding hydrogens is 442 g/mol. The van der Waals surface area contributed by atoms with Crippen LogP contribution in [0.3, 0.4) is 0 Å². The third-order valence-corrected chi connectivity index (χ3v) is 8.25. The normalized spacial score (nSPS) is 21.0. The van der Waals surface area contributed by atoms with E-state index in [2.05, 4.69) is 10.6 Å². The van der Waals surface area contributed by atoms with E-state index in [4.69, 9.17) is 4.74 Å². The third-order valence-electron chi connectivity index (χ3n) is 6.24. The molecule has 2 aromatic rings. The zero-order valence-electron chi connectivity index (χ0n) is 19.1. The Labute approximate surface area is 194 Å². The highest BCUT2D eigenvalue weighted by molar-refractivity contribution is 7.89. The molecule has 0 aromatic heterocycles. The van der Waals surface area contributed by atoms with Gasteiger partial charge < -0.3 is 15.4 Å². The molecule has 2 N–H and O–H groups in total. The first-order chi connectivity index (χ1) is 15.7. The molecule has 0 spiro atoms. The Morgan fingerprint density at radius 3 is 2.70 bits per heavy atom. The van der Waals surface area contributed by atoms with Crippen LogP contribution in [0, 0.1) is 19.8 Å². The molecule has 0 radical (unpaired) electrons. The Balaban J connectivity index is 1.55. The Kier molecular flexibility index (Phi) is 6.45. The van der Waals surface area contributed by atoms with Gasteiger partial charge in [-0.05, 0) is 56.4 Å². The first-order valence-electron chi connectivity index (χ1n) is 11.2. The van der Waals surface area contributed by atoms with E-state index in [0.29, 0.717) is 42.8 Å². The summed E-state index contributed by atoms with van der Waals surface area (Å²) in [5.41, 5.74) is 2.67. The van der Waals surface area contributed by atoms with Gasteiger partial charge in [0.1, 0.15) is 5.75 Å². The number of fused-ring (bicyclic) bond motifs is 1. The number of amides is 2. The van der Waals surface area contributed by atoms with Crippen LogP contribution in [0.2, 0.25) is 0 Å². The fraction of sp³-hybridized carbons (Fsp3) is 0.417. The summed E-state index contributed by atoms with van der Waals surface area (Å²) in [4.78, 5) is 25.1. The summed E-state index contributed by atoms with van der Waals surface area (Å²) < 4.78 is 34.2. The zero-order chi connectivity index (χ0) is 23.8. The molecule has 176 valence electrons. The van der Waals surface area contributed by atoms with E-state index in [1.165, 1.54) is 10.4 Å². The molecule has 8 nitrogen and oxygen atoms in total. The average molecular weight is 472 g/mol. The predicted molar refractivity (Wildman–Crippen MR) is 126 cm³/mol. The Morgan fingerprint density at radius 1 is 1.21 bits per heavy atom. The van der Waals surface area contributed by atoms with Gasteiger partial charge in [0, 0.05) is 24.8 Å². The minimum absolute atomic E-state index is 0.117. The van der Waals surface area contributed by atoms with Crippen LogP contribution in [0.5, 0.6) is 5.75 Å². The smallest absolute Gasteiger partial charge is 0.265 e. The fourth-order valence-electron chi connectivity index (χ4n) is 4.29. The number of aryl methyl sites for hydroxylation is 2. The maximum Gasteiger partial charge on any atom is 0.265 e. The number of ether oxygens (including phenoxy) is 1. The van der Waals surface area contributed by atoms with E-state index in [-0.39, 0.29) is 23.3 Å². The molecule has 0 saturated carbocycles. The van der Waals surface area contributed by atoms with Crippen LogP contribution >= 0.6 is 0 Å². The van der Waals surface area contributed by atoms with Crippen molar-refractivity contribution < 1.29 is 22.7 Å². The van der Waals surface area contributed by atoms with Crippen molar-refractivity contribution in [1.82, 2.24) is 4.31 Å². The molecule has 2 amide bonds. The van der Waals surface area contributed by atoms with Crippen molar-refractivity contribution >= 4 is 33.2 Å². The second-order valence-corrected chi connectivity index (χ2v) is 10.5. The fourth-order valence-corrected chi connectivity index (χ4v) is 6.04. The summed E-state index contributed by atoms with van der Waals surface area (Å²) in [5, 5.41) is 5.72. The minimum Gasteiger partial charge on any atom is -0.478 e. The molecular formula is C24H29N3O5S. The predicted octanol–water partition coefficient (Wildman–Crippen LogP) is 3.45. The van der Waals surface area contributed by atoms with Crippen molar-refractivity contribution in [3.8, 4) is 5.75 Å². The molecule has 4 rings (SSSR count). The number of hydrogen-bond donors (Lipinski definition) is 2. The third kappa shape index (κ3) is 4.60. The molecule has 0 bridgehead atoms.